The van der Waals surface area contributed by atoms with Gasteiger partial charge in [0.15, 0.2) is 5.78 Å². The third-order valence-corrected chi connectivity index (χ3v) is 4.59. The van der Waals surface area contributed by atoms with Gasteiger partial charge in [0.25, 0.3) is 0 Å². The van der Waals surface area contributed by atoms with Gasteiger partial charge in [-0.1, -0.05) is 54.1 Å². The molecule has 1 heterocycles. The number of ketones is 1. The number of hydrogen-bond acceptors (Lipinski definition) is 4. The SMILES string of the molecule is CC(=O)c1ccccc1.CC1=CCC(C(=O)O)(N2CCNCC2)C=C1. The van der Waals surface area contributed by atoms with Gasteiger partial charge in [0, 0.05) is 31.7 Å². The van der Waals surface area contributed by atoms with Crippen molar-refractivity contribution in [2.45, 2.75) is 25.8 Å². The number of carboxylic acids is 1. The Balaban J connectivity index is 0.000000212. The summed E-state index contributed by atoms with van der Waals surface area (Å²) in [6.07, 6.45) is 6.34. The van der Waals surface area contributed by atoms with Gasteiger partial charge < -0.3 is 10.4 Å². The first-order valence-electron chi connectivity index (χ1n) is 8.57. The number of rotatable bonds is 3. The summed E-state index contributed by atoms with van der Waals surface area (Å²) in [6.45, 7) is 6.89. The van der Waals surface area contributed by atoms with E-state index in [4.69, 9.17) is 0 Å². The maximum absolute atomic E-state index is 11.5. The minimum Gasteiger partial charge on any atom is -0.480 e. The predicted molar refractivity (Wildman–Crippen MR) is 98.8 cm³/mol. The second-order valence-corrected chi connectivity index (χ2v) is 6.37. The zero-order chi connectivity index (χ0) is 18.3. The van der Waals surface area contributed by atoms with Crippen molar-refractivity contribution >= 4 is 11.8 Å². The zero-order valence-electron chi connectivity index (χ0n) is 14.9. The summed E-state index contributed by atoms with van der Waals surface area (Å²) in [5, 5.41) is 12.7. The number of hydrogen-bond donors (Lipinski definition) is 2. The van der Waals surface area contributed by atoms with Crippen LogP contribution < -0.4 is 5.32 Å². The average molecular weight is 342 g/mol. The first kappa shape index (κ1) is 19.1. The molecule has 0 saturated carbocycles. The first-order valence-corrected chi connectivity index (χ1v) is 8.57. The molecule has 5 nitrogen and oxygen atoms in total. The zero-order valence-corrected chi connectivity index (χ0v) is 14.9. The molecule has 0 aromatic heterocycles. The summed E-state index contributed by atoms with van der Waals surface area (Å²) < 4.78 is 0. The van der Waals surface area contributed by atoms with Gasteiger partial charge in [0.05, 0.1) is 0 Å². The third kappa shape index (κ3) is 4.87. The van der Waals surface area contributed by atoms with Gasteiger partial charge in [0.2, 0.25) is 0 Å². The molecule has 1 aliphatic heterocycles. The van der Waals surface area contributed by atoms with Crippen molar-refractivity contribution in [1.29, 1.82) is 0 Å². The minimum atomic E-state index is -0.818. The number of aliphatic carboxylic acids is 1. The summed E-state index contributed by atoms with van der Waals surface area (Å²) in [5.74, 6) is -0.620. The fraction of sp³-hybridized carbons (Fsp3) is 0.400. The summed E-state index contributed by atoms with van der Waals surface area (Å²) in [6, 6.07) is 9.23. The van der Waals surface area contributed by atoms with E-state index in [9.17, 15) is 14.7 Å². The fourth-order valence-corrected chi connectivity index (χ4v) is 2.99. The maximum atomic E-state index is 11.5. The van der Waals surface area contributed by atoms with Crippen molar-refractivity contribution in [3.8, 4) is 0 Å². The number of piperazine rings is 1. The Labute approximate surface area is 149 Å². The highest BCUT2D eigenvalue weighted by Gasteiger charge is 2.42. The molecule has 1 aliphatic carbocycles. The summed E-state index contributed by atoms with van der Waals surface area (Å²) in [4.78, 5) is 24.2. The lowest BCUT2D eigenvalue weighted by Crippen LogP contribution is -2.59. The molecule has 1 saturated heterocycles. The molecule has 2 N–H and O–H groups in total. The molecule has 0 radical (unpaired) electrons. The number of nitrogens with one attached hydrogen (secondary N) is 1. The molecule has 3 rings (SSSR count). The number of carboxylic acid groups (broad SMARTS) is 1. The van der Waals surface area contributed by atoms with Crippen LogP contribution in [0, 0.1) is 0 Å². The van der Waals surface area contributed by atoms with Gasteiger partial charge in [0.1, 0.15) is 5.54 Å². The quantitative estimate of drug-likeness (QED) is 0.826. The second kappa shape index (κ2) is 8.74. The smallest absolute Gasteiger partial charge is 0.328 e. The van der Waals surface area contributed by atoms with E-state index in [1.54, 1.807) is 6.92 Å². The highest BCUT2D eigenvalue weighted by Crippen LogP contribution is 2.28. The monoisotopic (exact) mass is 342 g/mol. The molecule has 1 aromatic rings. The topological polar surface area (TPSA) is 69.6 Å². The molecule has 2 aliphatic rings. The third-order valence-electron chi connectivity index (χ3n) is 4.59. The number of Topliss-reactive ketones (excluding diaryl/α,β-unsaturated/α-hetero) is 1. The van der Waals surface area contributed by atoms with E-state index in [0.717, 1.165) is 37.3 Å². The van der Waals surface area contributed by atoms with Gasteiger partial charge in [-0.15, -0.1) is 0 Å². The number of allylic oxidation sites excluding steroid dienone is 2. The number of nitrogens with zero attached hydrogens (tertiary/aromatic N) is 1. The largest absolute Gasteiger partial charge is 0.480 e. The molecule has 1 unspecified atom stereocenters. The van der Waals surface area contributed by atoms with E-state index in [0.29, 0.717) is 6.42 Å². The number of carbonyl (C=O) groups is 2. The highest BCUT2D eigenvalue weighted by atomic mass is 16.4. The molecule has 0 amide bonds. The van der Waals surface area contributed by atoms with Crippen LogP contribution in [0.25, 0.3) is 0 Å². The fourth-order valence-electron chi connectivity index (χ4n) is 2.99. The molecule has 0 bridgehead atoms. The van der Waals surface area contributed by atoms with E-state index in [-0.39, 0.29) is 5.78 Å². The molecular formula is C20H26N2O3. The van der Waals surface area contributed by atoms with E-state index in [2.05, 4.69) is 10.2 Å². The van der Waals surface area contributed by atoms with Crippen LogP contribution in [0.3, 0.4) is 0 Å². The molecule has 25 heavy (non-hydrogen) atoms. The van der Waals surface area contributed by atoms with Crippen LogP contribution >= 0.6 is 0 Å². The van der Waals surface area contributed by atoms with E-state index in [1.165, 1.54) is 0 Å². The second-order valence-electron chi connectivity index (χ2n) is 6.37. The highest BCUT2D eigenvalue weighted by molar-refractivity contribution is 5.93. The average Bonchev–Trinajstić information content (AvgIpc) is 2.64. The lowest BCUT2D eigenvalue weighted by atomic mass is 9.86. The first-order chi connectivity index (χ1) is 12.0. The van der Waals surface area contributed by atoms with Crippen LogP contribution in [0.4, 0.5) is 0 Å². The normalized spacial score (nSPS) is 23.2. The van der Waals surface area contributed by atoms with Crippen LogP contribution in [-0.4, -0.2) is 53.5 Å². The molecular weight excluding hydrogens is 316 g/mol. The standard InChI is InChI=1S/C12H18N2O2.C8H8O/c1-10-2-4-12(5-3-10,11(15)16)14-8-6-13-7-9-14;1-7(9)8-5-3-2-4-6-8/h2-4,13H,5-9H2,1H3,(H,15,16);2-6H,1H3. The van der Waals surface area contributed by atoms with Crippen LogP contribution in [0.1, 0.15) is 30.6 Å². The Morgan fingerprint density at radius 3 is 2.24 bits per heavy atom. The van der Waals surface area contributed by atoms with Gasteiger partial charge in [-0.3, -0.25) is 9.69 Å². The maximum Gasteiger partial charge on any atom is 0.328 e. The van der Waals surface area contributed by atoms with Crippen molar-refractivity contribution in [3.63, 3.8) is 0 Å². The van der Waals surface area contributed by atoms with Gasteiger partial charge in [-0.2, -0.15) is 0 Å². The summed E-state index contributed by atoms with van der Waals surface area (Å²) in [7, 11) is 0. The molecule has 5 heteroatoms. The Bertz CT molecular complexity index is 661. The van der Waals surface area contributed by atoms with Gasteiger partial charge >= 0.3 is 5.97 Å². The molecule has 1 aromatic carbocycles. The summed E-state index contributed by atoms with van der Waals surface area (Å²) in [5.41, 5.74) is 1.10. The van der Waals surface area contributed by atoms with Gasteiger partial charge in [-0.25, -0.2) is 4.79 Å². The van der Waals surface area contributed by atoms with Gasteiger partial charge in [-0.05, 0) is 20.3 Å². The molecule has 134 valence electrons. The minimum absolute atomic E-state index is 0.121. The Morgan fingerprint density at radius 2 is 1.80 bits per heavy atom. The van der Waals surface area contributed by atoms with E-state index >= 15 is 0 Å². The number of benzene rings is 1. The van der Waals surface area contributed by atoms with Crippen molar-refractivity contribution in [2.75, 3.05) is 26.2 Å². The molecule has 1 fully saturated rings. The Morgan fingerprint density at radius 1 is 1.16 bits per heavy atom. The molecule has 0 spiro atoms. The van der Waals surface area contributed by atoms with Crippen LogP contribution in [0.15, 0.2) is 54.1 Å². The lowest BCUT2D eigenvalue weighted by molar-refractivity contribution is -0.148. The van der Waals surface area contributed by atoms with Crippen LogP contribution in [-0.2, 0) is 4.79 Å². The predicted octanol–water partition coefficient (Wildman–Crippen LogP) is 2.51. The van der Waals surface area contributed by atoms with E-state index in [1.807, 2.05) is 55.5 Å². The Kier molecular flexibility index (Phi) is 6.67. The summed E-state index contributed by atoms with van der Waals surface area (Å²) >= 11 is 0. The van der Waals surface area contributed by atoms with E-state index < -0.39 is 11.5 Å². The van der Waals surface area contributed by atoms with Crippen LogP contribution in [0.5, 0.6) is 0 Å². The van der Waals surface area contributed by atoms with Crippen molar-refractivity contribution < 1.29 is 14.7 Å². The lowest BCUT2D eigenvalue weighted by Gasteiger charge is -2.41. The number of carbonyl (C=O) groups excluding carboxylic acids is 1. The Hall–Kier alpha value is -2.24. The van der Waals surface area contributed by atoms with Crippen molar-refractivity contribution in [3.05, 3.63) is 59.7 Å². The van der Waals surface area contributed by atoms with Crippen molar-refractivity contribution in [2.24, 2.45) is 0 Å². The molecule has 1 atom stereocenters. The van der Waals surface area contributed by atoms with Crippen molar-refractivity contribution in [1.82, 2.24) is 10.2 Å². The van der Waals surface area contributed by atoms with Crippen LogP contribution in [0.2, 0.25) is 0 Å².